The van der Waals surface area contributed by atoms with Crippen LogP contribution in [-0.4, -0.2) is 16.8 Å². The monoisotopic (exact) mass is 332 g/mol. The topological polar surface area (TPSA) is 53.3 Å². The van der Waals surface area contributed by atoms with E-state index in [1.54, 1.807) is 11.0 Å². The molecule has 1 aliphatic carbocycles. The fraction of sp³-hybridized carbons (Fsp3) is 0.333. The van der Waals surface area contributed by atoms with E-state index in [0.717, 1.165) is 36.8 Å². The molecule has 2 aromatic rings. The number of amides is 1. The van der Waals surface area contributed by atoms with Gasteiger partial charge >= 0.3 is 0 Å². The molecule has 0 saturated heterocycles. The Hall–Kier alpha value is -2.80. The minimum atomic E-state index is -0.495. The first kappa shape index (κ1) is 15.7. The van der Waals surface area contributed by atoms with Gasteiger partial charge in [-0.2, -0.15) is 5.26 Å². The predicted octanol–water partition coefficient (Wildman–Crippen LogP) is 4.23. The smallest absolute Gasteiger partial charge is 0.255 e. The van der Waals surface area contributed by atoms with E-state index in [4.69, 9.17) is 4.74 Å². The van der Waals surface area contributed by atoms with Gasteiger partial charge in [0.25, 0.3) is 5.91 Å². The van der Waals surface area contributed by atoms with Crippen LogP contribution in [0.3, 0.4) is 0 Å². The van der Waals surface area contributed by atoms with Gasteiger partial charge in [0, 0.05) is 17.2 Å². The molecule has 2 aromatic carbocycles. The van der Waals surface area contributed by atoms with E-state index >= 15 is 0 Å². The molecule has 2 aliphatic rings. The Morgan fingerprint density at radius 3 is 2.60 bits per heavy atom. The molecule has 1 aliphatic heterocycles. The van der Waals surface area contributed by atoms with E-state index in [1.807, 2.05) is 42.5 Å². The van der Waals surface area contributed by atoms with Crippen molar-refractivity contribution in [2.45, 2.75) is 44.4 Å². The van der Waals surface area contributed by atoms with Crippen LogP contribution in [0.15, 0.2) is 48.5 Å². The molecule has 0 aromatic heterocycles. The highest BCUT2D eigenvalue weighted by Gasteiger charge is 2.41. The minimum absolute atomic E-state index is 0.0111. The highest BCUT2D eigenvalue weighted by Crippen LogP contribution is 2.40. The van der Waals surface area contributed by atoms with Crippen LogP contribution in [0.4, 0.5) is 0 Å². The maximum atomic E-state index is 12.8. The number of carbonyl (C=O) groups excluding carboxylic acids is 1. The van der Waals surface area contributed by atoms with E-state index in [-0.39, 0.29) is 11.9 Å². The van der Waals surface area contributed by atoms with Crippen LogP contribution in [0.25, 0.3) is 0 Å². The number of benzene rings is 2. The molecule has 126 valence electrons. The normalized spacial score (nSPS) is 19.7. The van der Waals surface area contributed by atoms with Crippen molar-refractivity contribution in [1.82, 2.24) is 4.90 Å². The molecular formula is C21H20N2O2. The number of hydrogen-bond acceptors (Lipinski definition) is 3. The van der Waals surface area contributed by atoms with Crippen molar-refractivity contribution in [2.24, 2.45) is 0 Å². The SMILES string of the molecule is N#CC1c2cc(OCc3ccccc3)ccc2C(=O)N1C1CCCC1. The van der Waals surface area contributed by atoms with Crippen LogP contribution in [0, 0.1) is 11.3 Å². The van der Waals surface area contributed by atoms with Gasteiger partial charge in [0.1, 0.15) is 18.4 Å². The number of ether oxygens (including phenoxy) is 1. The summed E-state index contributed by atoms with van der Waals surface area (Å²) >= 11 is 0. The molecule has 4 nitrogen and oxygen atoms in total. The second-order valence-electron chi connectivity index (χ2n) is 6.71. The molecule has 25 heavy (non-hydrogen) atoms. The van der Waals surface area contributed by atoms with Gasteiger partial charge in [-0.05, 0) is 36.6 Å². The van der Waals surface area contributed by atoms with Crippen molar-refractivity contribution < 1.29 is 9.53 Å². The largest absolute Gasteiger partial charge is 0.489 e. The van der Waals surface area contributed by atoms with Crippen LogP contribution >= 0.6 is 0 Å². The van der Waals surface area contributed by atoms with Gasteiger partial charge in [-0.1, -0.05) is 43.2 Å². The van der Waals surface area contributed by atoms with Gasteiger partial charge in [-0.3, -0.25) is 4.79 Å². The standard InChI is InChI=1S/C21H20N2O2/c22-13-20-19-12-17(25-14-15-6-2-1-3-7-15)10-11-18(19)21(24)23(20)16-8-4-5-9-16/h1-3,6-7,10-12,16,20H,4-5,8-9,14H2. The molecule has 0 spiro atoms. The van der Waals surface area contributed by atoms with Crippen molar-refractivity contribution in [3.8, 4) is 11.8 Å². The van der Waals surface area contributed by atoms with Gasteiger partial charge in [-0.15, -0.1) is 0 Å². The van der Waals surface area contributed by atoms with Gasteiger partial charge < -0.3 is 9.64 Å². The third-order valence-corrected chi connectivity index (χ3v) is 5.15. The summed E-state index contributed by atoms with van der Waals surface area (Å²) in [4.78, 5) is 14.6. The van der Waals surface area contributed by atoms with Crippen LogP contribution < -0.4 is 4.74 Å². The Bertz CT molecular complexity index is 820. The van der Waals surface area contributed by atoms with Gasteiger partial charge in [-0.25, -0.2) is 0 Å². The number of carbonyl (C=O) groups is 1. The summed E-state index contributed by atoms with van der Waals surface area (Å²) in [6, 6.07) is 17.5. The third kappa shape index (κ3) is 2.87. The fourth-order valence-electron chi connectivity index (χ4n) is 3.89. The molecule has 1 saturated carbocycles. The lowest BCUT2D eigenvalue weighted by Crippen LogP contribution is -2.36. The molecule has 1 amide bonds. The zero-order chi connectivity index (χ0) is 17.2. The molecule has 1 heterocycles. The highest BCUT2D eigenvalue weighted by atomic mass is 16.5. The van der Waals surface area contributed by atoms with Crippen molar-refractivity contribution in [3.63, 3.8) is 0 Å². The number of hydrogen-bond donors (Lipinski definition) is 0. The van der Waals surface area contributed by atoms with Crippen molar-refractivity contribution in [3.05, 3.63) is 65.2 Å². The lowest BCUT2D eigenvalue weighted by atomic mass is 10.0. The van der Waals surface area contributed by atoms with Crippen molar-refractivity contribution in [1.29, 1.82) is 5.26 Å². The summed E-state index contributed by atoms with van der Waals surface area (Å²) < 4.78 is 5.87. The number of rotatable bonds is 4. The average Bonchev–Trinajstić information content (AvgIpc) is 3.27. The summed E-state index contributed by atoms with van der Waals surface area (Å²) in [7, 11) is 0. The van der Waals surface area contributed by atoms with Gasteiger partial charge in [0.2, 0.25) is 0 Å². The van der Waals surface area contributed by atoms with E-state index in [0.29, 0.717) is 17.9 Å². The van der Waals surface area contributed by atoms with Crippen molar-refractivity contribution >= 4 is 5.91 Å². The molecular weight excluding hydrogens is 312 g/mol. The van der Waals surface area contributed by atoms with Crippen LogP contribution in [0.5, 0.6) is 5.75 Å². The Labute approximate surface area is 147 Å². The highest BCUT2D eigenvalue weighted by molar-refractivity contribution is 6.00. The molecule has 4 rings (SSSR count). The lowest BCUT2D eigenvalue weighted by molar-refractivity contribution is 0.0677. The van der Waals surface area contributed by atoms with Crippen LogP contribution in [0.2, 0.25) is 0 Å². The zero-order valence-corrected chi connectivity index (χ0v) is 14.0. The van der Waals surface area contributed by atoms with Gasteiger partial charge in [0.15, 0.2) is 0 Å². The number of fused-ring (bicyclic) bond motifs is 1. The van der Waals surface area contributed by atoms with Crippen LogP contribution in [-0.2, 0) is 6.61 Å². The predicted molar refractivity (Wildman–Crippen MR) is 94.0 cm³/mol. The first-order chi connectivity index (χ1) is 12.3. The maximum absolute atomic E-state index is 12.8. The quantitative estimate of drug-likeness (QED) is 0.842. The molecule has 0 N–H and O–H groups in total. The molecule has 1 atom stereocenters. The summed E-state index contributed by atoms with van der Waals surface area (Å²) in [6.07, 6.45) is 4.26. The first-order valence-corrected chi connectivity index (χ1v) is 8.81. The first-order valence-electron chi connectivity index (χ1n) is 8.81. The Balaban J connectivity index is 1.57. The lowest BCUT2D eigenvalue weighted by Gasteiger charge is -2.26. The Morgan fingerprint density at radius 2 is 1.88 bits per heavy atom. The molecule has 0 bridgehead atoms. The Morgan fingerprint density at radius 1 is 1.12 bits per heavy atom. The fourth-order valence-corrected chi connectivity index (χ4v) is 3.89. The molecule has 4 heteroatoms. The summed E-state index contributed by atoms with van der Waals surface area (Å²) in [5.41, 5.74) is 2.51. The summed E-state index contributed by atoms with van der Waals surface area (Å²) in [5.74, 6) is 0.687. The summed E-state index contributed by atoms with van der Waals surface area (Å²) in [6.45, 7) is 0.469. The van der Waals surface area contributed by atoms with Crippen LogP contribution in [0.1, 0.15) is 53.2 Å². The molecule has 1 unspecified atom stereocenters. The average molecular weight is 332 g/mol. The maximum Gasteiger partial charge on any atom is 0.255 e. The second kappa shape index (κ2) is 6.60. The van der Waals surface area contributed by atoms with Gasteiger partial charge in [0.05, 0.1) is 6.07 Å². The van der Waals surface area contributed by atoms with Crippen molar-refractivity contribution in [2.75, 3.05) is 0 Å². The number of nitriles is 1. The molecule has 1 fully saturated rings. The zero-order valence-electron chi connectivity index (χ0n) is 14.0. The van der Waals surface area contributed by atoms with E-state index in [1.165, 1.54) is 0 Å². The molecule has 0 radical (unpaired) electrons. The summed E-state index contributed by atoms with van der Waals surface area (Å²) in [5, 5.41) is 9.68. The third-order valence-electron chi connectivity index (χ3n) is 5.15. The Kier molecular flexibility index (Phi) is 4.15. The van der Waals surface area contributed by atoms with E-state index in [9.17, 15) is 10.1 Å². The minimum Gasteiger partial charge on any atom is -0.489 e. The van der Waals surface area contributed by atoms with E-state index in [2.05, 4.69) is 6.07 Å². The van der Waals surface area contributed by atoms with E-state index < -0.39 is 6.04 Å². The second-order valence-corrected chi connectivity index (χ2v) is 6.71. The number of nitrogens with zero attached hydrogens (tertiary/aromatic N) is 2.